The van der Waals surface area contributed by atoms with Crippen LogP contribution in [0.3, 0.4) is 0 Å². The molecule has 2 heterocycles. The number of imidazole rings is 1. The molecule has 0 aliphatic rings. The number of carbonyl (C=O) groups is 6. The lowest BCUT2D eigenvalue weighted by atomic mass is 9.96. The third-order valence-electron chi connectivity index (χ3n) is 11.2. The maximum atomic E-state index is 14.5. The molecule has 3 aromatic carbocycles. The summed E-state index contributed by atoms with van der Waals surface area (Å²) in [5.41, 5.74) is 20.9. The van der Waals surface area contributed by atoms with Crippen molar-refractivity contribution in [2.45, 2.75) is 95.0 Å². The van der Waals surface area contributed by atoms with Crippen molar-refractivity contribution in [2.24, 2.45) is 28.1 Å². The van der Waals surface area contributed by atoms with Crippen molar-refractivity contribution in [2.75, 3.05) is 6.54 Å². The highest BCUT2D eigenvalue weighted by molar-refractivity contribution is 5.97. The van der Waals surface area contributed by atoms with Crippen LogP contribution in [0.15, 0.2) is 109 Å². The van der Waals surface area contributed by atoms with Gasteiger partial charge in [-0.3, -0.25) is 29.0 Å². The number of amides is 5. The van der Waals surface area contributed by atoms with Gasteiger partial charge in [0, 0.05) is 61.2 Å². The highest BCUT2D eigenvalue weighted by Crippen LogP contribution is 2.20. The van der Waals surface area contributed by atoms with E-state index in [0.717, 1.165) is 16.5 Å². The fourth-order valence-corrected chi connectivity index (χ4v) is 7.38. The molecule has 0 aliphatic carbocycles. The fraction of sp³-hybridized carbons (Fsp3) is 0.362. The summed E-state index contributed by atoms with van der Waals surface area (Å²) >= 11 is 0. The lowest BCUT2D eigenvalue weighted by Gasteiger charge is -2.29. The van der Waals surface area contributed by atoms with Gasteiger partial charge in [-0.1, -0.05) is 99.1 Å². The van der Waals surface area contributed by atoms with Crippen LogP contribution >= 0.6 is 0 Å². The number of nitrogens with two attached hydrogens (primary N) is 3. The summed E-state index contributed by atoms with van der Waals surface area (Å²) in [4.78, 5) is 97.1. The average Bonchev–Trinajstić information content (AvgIpc) is 3.98. The van der Waals surface area contributed by atoms with Crippen LogP contribution in [-0.2, 0) is 54.5 Å². The van der Waals surface area contributed by atoms with Gasteiger partial charge >= 0.3 is 5.97 Å². The molecule has 2 aromatic heterocycles. The molecule has 0 saturated carbocycles. The fourth-order valence-electron chi connectivity index (χ4n) is 7.38. The summed E-state index contributed by atoms with van der Waals surface area (Å²) < 4.78 is 0. The number of nitrogens with one attached hydrogen (secondary N) is 7. The summed E-state index contributed by atoms with van der Waals surface area (Å²) in [5, 5.41) is 24.7. The number of aliphatic carboxylic acids is 1. The van der Waals surface area contributed by atoms with E-state index in [-0.39, 0.29) is 51.0 Å². The maximum Gasteiger partial charge on any atom is 0.326 e. The van der Waals surface area contributed by atoms with Gasteiger partial charge in [0.25, 0.3) is 0 Å². The highest BCUT2D eigenvalue weighted by atomic mass is 16.4. The van der Waals surface area contributed by atoms with Gasteiger partial charge in [0.15, 0.2) is 5.96 Å². The molecule has 5 amide bonds. The Labute approximate surface area is 382 Å². The number of aromatic amines is 2. The lowest BCUT2D eigenvalue weighted by Crippen LogP contribution is -2.61. The summed E-state index contributed by atoms with van der Waals surface area (Å²) in [7, 11) is 0. The van der Waals surface area contributed by atoms with E-state index >= 15 is 0 Å². The zero-order chi connectivity index (χ0) is 47.6. The molecule has 0 unspecified atom stereocenters. The predicted octanol–water partition coefficient (Wildman–Crippen LogP) is 1.10. The molecule has 14 N–H and O–H groups in total. The molecule has 0 bridgehead atoms. The SMILES string of the molecule is CC[C@H](C)[C@@H](NC(=O)[C@@H](Cc1ccccc1)NC(=O)[C@H](N)Cc1cnc[nH]1)C(=O)N[C@H](CCCN=C(N)N)C(=O)N[C@H](Cc1c[nH]c2ccccc12)C(=O)N[C@H](Cc1ccccc1)C(=O)O. The Kier molecular flexibility index (Phi) is 18.4. The number of aromatic nitrogens is 3. The molecule has 0 saturated heterocycles. The zero-order valence-electron chi connectivity index (χ0n) is 37.0. The first kappa shape index (κ1) is 49.5. The van der Waals surface area contributed by atoms with Crippen LogP contribution in [0.5, 0.6) is 0 Å². The Hall–Kier alpha value is -7.54. The van der Waals surface area contributed by atoms with Crippen LogP contribution in [0.2, 0.25) is 0 Å². The molecule has 0 spiro atoms. The summed E-state index contributed by atoms with van der Waals surface area (Å²) in [6.45, 7) is 3.71. The normalized spacial score (nSPS) is 14.3. The molecular weight excluding hydrogens is 845 g/mol. The summed E-state index contributed by atoms with van der Waals surface area (Å²) in [5.74, 6) is -5.37. The van der Waals surface area contributed by atoms with Crippen molar-refractivity contribution < 1.29 is 33.9 Å². The Morgan fingerprint density at radius 2 is 1.24 bits per heavy atom. The lowest BCUT2D eigenvalue weighted by molar-refractivity contribution is -0.142. The number of aliphatic imine (C=N–C) groups is 1. The van der Waals surface area contributed by atoms with Crippen molar-refractivity contribution in [3.05, 3.63) is 126 Å². The number of nitrogens with zero attached hydrogens (tertiary/aromatic N) is 2. The Morgan fingerprint density at radius 3 is 1.86 bits per heavy atom. The van der Waals surface area contributed by atoms with Crippen LogP contribution in [0, 0.1) is 5.92 Å². The van der Waals surface area contributed by atoms with Crippen molar-refractivity contribution in [1.29, 1.82) is 0 Å². The van der Waals surface area contributed by atoms with Crippen LogP contribution in [-0.4, -0.2) is 104 Å². The number of benzene rings is 3. The average molecular weight is 905 g/mol. The van der Waals surface area contributed by atoms with Gasteiger partial charge in [0.1, 0.15) is 30.2 Å². The molecule has 7 atom stereocenters. The van der Waals surface area contributed by atoms with Crippen LogP contribution < -0.4 is 43.8 Å². The molecule has 0 aliphatic heterocycles. The van der Waals surface area contributed by atoms with E-state index in [4.69, 9.17) is 17.2 Å². The molecule has 0 fully saturated rings. The number of fused-ring (bicyclic) bond motifs is 1. The van der Waals surface area contributed by atoms with E-state index < -0.39 is 77.7 Å². The van der Waals surface area contributed by atoms with Crippen molar-refractivity contribution >= 4 is 52.4 Å². The second-order valence-corrected chi connectivity index (χ2v) is 16.2. The van der Waals surface area contributed by atoms with Crippen molar-refractivity contribution in [1.82, 2.24) is 41.5 Å². The minimum absolute atomic E-state index is 0.00359. The first-order valence-electron chi connectivity index (χ1n) is 21.9. The number of hydrogen-bond donors (Lipinski definition) is 11. The van der Waals surface area contributed by atoms with Gasteiger partial charge in [0.05, 0.1) is 12.4 Å². The van der Waals surface area contributed by atoms with Gasteiger partial charge in [0.2, 0.25) is 29.5 Å². The number of rotatable bonds is 25. The minimum atomic E-state index is -1.33. The molecule has 66 heavy (non-hydrogen) atoms. The van der Waals surface area contributed by atoms with Gasteiger partial charge in [-0.15, -0.1) is 0 Å². The van der Waals surface area contributed by atoms with E-state index in [1.807, 2.05) is 37.3 Å². The van der Waals surface area contributed by atoms with Crippen LogP contribution in [0.1, 0.15) is 55.5 Å². The van der Waals surface area contributed by atoms with Crippen molar-refractivity contribution in [3.63, 3.8) is 0 Å². The quantitative estimate of drug-likeness (QED) is 0.0224. The van der Waals surface area contributed by atoms with E-state index in [9.17, 15) is 33.9 Å². The largest absolute Gasteiger partial charge is 0.480 e. The zero-order valence-corrected chi connectivity index (χ0v) is 37.0. The third-order valence-corrected chi connectivity index (χ3v) is 11.2. The Balaban J connectivity index is 1.39. The van der Waals surface area contributed by atoms with Crippen LogP contribution in [0.4, 0.5) is 0 Å². The Bertz CT molecular complexity index is 2400. The number of H-pyrrole nitrogens is 2. The molecule has 19 nitrogen and oxygen atoms in total. The summed E-state index contributed by atoms with van der Waals surface area (Å²) in [6, 6.07) is 17.9. The third kappa shape index (κ3) is 14.8. The second kappa shape index (κ2) is 24.5. The molecule has 0 radical (unpaired) electrons. The van der Waals surface area contributed by atoms with Crippen LogP contribution in [0.25, 0.3) is 10.9 Å². The van der Waals surface area contributed by atoms with Gasteiger partial charge < -0.3 is 58.9 Å². The van der Waals surface area contributed by atoms with E-state index in [1.54, 1.807) is 73.9 Å². The number of carboxylic acid groups (broad SMARTS) is 1. The topological polar surface area (TPSA) is 318 Å². The maximum absolute atomic E-state index is 14.5. The molecular formula is C47H60N12O7. The highest BCUT2D eigenvalue weighted by Gasteiger charge is 2.35. The molecule has 350 valence electrons. The van der Waals surface area contributed by atoms with E-state index in [2.05, 4.69) is 46.5 Å². The first-order valence-corrected chi connectivity index (χ1v) is 21.9. The molecule has 5 rings (SSSR count). The Morgan fingerprint density at radius 1 is 0.682 bits per heavy atom. The minimum Gasteiger partial charge on any atom is -0.480 e. The smallest absolute Gasteiger partial charge is 0.326 e. The monoisotopic (exact) mass is 904 g/mol. The van der Waals surface area contributed by atoms with Gasteiger partial charge in [-0.05, 0) is 41.5 Å². The number of carbonyl (C=O) groups excluding carboxylic acids is 5. The van der Waals surface area contributed by atoms with Crippen molar-refractivity contribution in [3.8, 4) is 0 Å². The number of carboxylic acids is 1. The predicted molar refractivity (Wildman–Crippen MR) is 249 cm³/mol. The number of para-hydroxylation sites is 1. The first-order chi connectivity index (χ1) is 31.7. The molecule has 19 heteroatoms. The van der Waals surface area contributed by atoms with E-state index in [1.165, 1.54) is 6.33 Å². The summed E-state index contributed by atoms with van der Waals surface area (Å²) in [6.07, 6.45) is 5.54. The van der Waals surface area contributed by atoms with Gasteiger partial charge in [-0.2, -0.15) is 0 Å². The molecule has 5 aromatic rings. The van der Waals surface area contributed by atoms with E-state index in [0.29, 0.717) is 23.2 Å². The van der Waals surface area contributed by atoms with Gasteiger partial charge in [-0.25, -0.2) is 9.78 Å². The number of hydrogen-bond acceptors (Lipinski definition) is 9. The second-order valence-electron chi connectivity index (χ2n) is 16.2. The number of guanidine groups is 1. The standard InChI is InChI=1S/C47H60N12O7/c1-3-28(2)40(59-44(63)37(21-29-13-6-4-7-14-29)56-41(60)34(48)24-32-26-51-27-54-32)45(64)55-36(19-12-20-52-47(49)50)42(61)57-38(23-31-25-53-35-18-11-10-17-33(31)35)43(62)58-39(46(65)66)22-30-15-8-5-9-16-30/h4-11,13-18,25-28,34,36-40,53H,3,12,19-24,48H2,1-2H3,(H,51,54)(H,55,64)(H,56,60)(H,57,61)(H,58,62)(H,59,63)(H,65,66)(H4,49,50,52)/t28-,34+,36+,37+,38+,39+,40+/m0/s1.